The van der Waals surface area contributed by atoms with Crippen molar-refractivity contribution in [3.63, 3.8) is 0 Å². The minimum atomic E-state index is -0.800. The van der Waals surface area contributed by atoms with E-state index in [9.17, 15) is 9.90 Å². The highest BCUT2D eigenvalue weighted by molar-refractivity contribution is 5.67. The number of hydrogen-bond acceptors (Lipinski definition) is 4. The molecule has 0 fully saturated rings. The first-order chi connectivity index (χ1) is 10.0. The summed E-state index contributed by atoms with van der Waals surface area (Å²) in [5, 5.41) is 21.6. The van der Waals surface area contributed by atoms with Crippen LogP contribution in [0.4, 0.5) is 0 Å². The largest absolute Gasteiger partial charge is 0.491 e. The molecule has 118 valence electrons. The zero-order chi connectivity index (χ0) is 15.7. The number of aliphatic hydroxyl groups excluding tert-OH is 1. The van der Waals surface area contributed by atoms with Gasteiger partial charge >= 0.3 is 5.97 Å². The molecule has 5 heteroatoms. The third kappa shape index (κ3) is 7.11. The Morgan fingerprint density at radius 1 is 1.33 bits per heavy atom. The van der Waals surface area contributed by atoms with Gasteiger partial charge in [-0.3, -0.25) is 4.79 Å². The first kappa shape index (κ1) is 17.5. The van der Waals surface area contributed by atoms with Gasteiger partial charge in [-0.05, 0) is 36.6 Å². The van der Waals surface area contributed by atoms with Gasteiger partial charge in [0, 0.05) is 6.54 Å². The normalized spacial score (nSPS) is 13.7. The Bertz CT molecular complexity index is 419. The van der Waals surface area contributed by atoms with Gasteiger partial charge in [0.25, 0.3) is 0 Å². The van der Waals surface area contributed by atoms with E-state index in [4.69, 9.17) is 9.84 Å². The fraction of sp³-hybridized carbons (Fsp3) is 0.562. The van der Waals surface area contributed by atoms with Crippen LogP contribution < -0.4 is 10.1 Å². The van der Waals surface area contributed by atoms with Crippen LogP contribution in [0.5, 0.6) is 5.75 Å². The van der Waals surface area contributed by atoms with E-state index in [1.807, 2.05) is 19.1 Å². The minimum absolute atomic E-state index is 0.0274. The second-order valence-electron chi connectivity index (χ2n) is 5.24. The highest BCUT2D eigenvalue weighted by Crippen LogP contribution is 2.21. The van der Waals surface area contributed by atoms with Crippen molar-refractivity contribution in [1.82, 2.24) is 5.32 Å². The fourth-order valence-electron chi connectivity index (χ4n) is 1.97. The highest BCUT2D eigenvalue weighted by atomic mass is 16.5. The number of nitrogens with one attached hydrogen (secondary N) is 1. The number of benzene rings is 1. The van der Waals surface area contributed by atoms with E-state index >= 15 is 0 Å². The van der Waals surface area contributed by atoms with Crippen molar-refractivity contribution in [2.45, 2.75) is 38.7 Å². The van der Waals surface area contributed by atoms with Gasteiger partial charge in [0.1, 0.15) is 18.5 Å². The molecule has 0 bridgehead atoms. The van der Waals surface area contributed by atoms with Gasteiger partial charge in [0.15, 0.2) is 0 Å². The van der Waals surface area contributed by atoms with Crippen molar-refractivity contribution in [1.29, 1.82) is 0 Å². The quantitative estimate of drug-likeness (QED) is 0.575. The number of rotatable bonds is 10. The van der Waals surface area contributed by atoms with Crippen molar-refractivity contribution in [3.05, 3.63) is 29.8 Å². The summed E-state index contributed by atoms with van der Waals surface area (Å²) >= 11 is 0. The van der Waals surface area contributed by atoms with Gasteiger partial charge in [0.2, 0.25) is 0 Å². The number of aliphatic carboxylic acids is 1. The van der Waals surface area contributed by atoms with E-state index < -0.39 is 12.1 Å². The molecule has 2 unspecified atom stereocenters. The van der Waals surface area contributed by atoms with Gasteiger partial charge in [-0.15, -0.1) is 0 Å². The van der Waals surface area contributed by atoms with E-state index in [1.54, 1.807) is 12.1 Å². The number of carboxylic acid groups (broad SMARTS) is 1. The topological polar surface area (TPSA) is 78.8 Å². The number of ether oxygens (including phenoxy) is 1. The molecule has 0 aliphatic heterocycles. The molecular formula is C16H25NO4. The van der Waals surface area contributed by atoms with Crippen molar-refractivity contribution in [2.24, 2.45) is 0 Å². The lowest BCUT2D eigenvalue weighted by molar-refractivity contribution is -0.137. The summed E-state index contributed by atoms with van der Waals surface area (Å²) < 4.78 is 5.51. The third-order valence-electron chi connectivity index (χ3n) is 3.18. The van der Waals surface area contributed by atoms with Crippen LogP contribution in [-0.4, -0.2) is 42.0 Å². The molecule has 0 aliphatic rings. The molecule has 1 aromatic carbocycles. The summed E-state index contributed by atoms with van der Waals surface area (Å²) in [5.41, 5.74) is 0.968. The van der Waals surface area contributed by atoms with Crippen LogP contribution in [0.1, 0.15) is 38.2 Å². The van der Waals surface area contributed by atoms with Crippen LogP contribution in [0.15, 0.2) is 24.3 Å². The van der Waals surface area contributed by atoms with Gasteiger partial charge in [-0.2, -0.15) is 0 Å². The van der Waals surface area contributed by atoms with Crippen molar-refractivity contribution >= 4 is 5.97 Å². The maximum atomic E-state index is 10.7. The SMILES string of the molecule is CCCNCC(O)COc1ccc(C(C)CC(=O)O)cc1. The van der Waals surface area contributed by atoms with Crippen molar-refractivity contribution < 1.29 is 19.7 Å². The second kappa shape index (κ2) is 9.37. The predicted molar refractivity (Wildman–Crippen MR) is 81.8 cm³/mol. The molecule has 0 saturated carbocycles. The van der Waals surface area contributed by atoms with E-state index in [0.717, 1.165) is 18.5 Å². The zero-order valence-corrected chi connectivity index (χ0v) is 12.7. The summed E-state index contributed by atoms with van der Waals surface area (Å²) in [4.78, 5) is 10.7. The molecule has 0 aliphatic carbocycles. The molecule has 3 N–H and O–H groups in total. The number of aliphatic hydroxyl groups is 1. The third-order valence-corrected chi connectivity index (χ3v) is 3.18. The molecule has 21 heavy (non-hydrogen) atoms. The van der Waals surface area contributed by atoms with Crippen LogP contribution in [0.25, 0.3) is 0 Å². The Balaban J connectivity index is 2.38. The molecule has 0 radical (unpaired) electrons. The van der Waals surface area contributed by atoms with Gasteiger partial charge in [-0.1, -0.05) is 26.0 Å². The number of carboxylic acids is 1. The molecule has 2 atom stereocenters. The predicted octanol–water partition coefficient (Wildman–Crippen LogP) is 2.00. The fourth-order valence-corrected chi connectivity index (χ4v) is 1.97. The summed E-state index contributed by atoms with van der Waals surface area (Å²) in [6, 6.07) is 7.34. The van der Waals surface area contributed by atoms with Crippen LogP contribution in [-0.2, 0) is 4.79 Å². The maximum absolute atomic E-state index is 10.7. The molecule has 0 amide bonds. The summed E-state index contributed by atoms with van der Waals surface area (Å²) in [5.74, 6) is -0.151. The highest BCUT2D eigenvalue weighted by Gasteiger charge is 2.10. The Hall–Kier alpha value is -1.59. The van der Waals surface area contributed by atoms with E-state index in [2.05, 4.69) is 12.2 Å². The molecule has 1 aromatic rings. The minimum Gasteiger partial charge on any atom is -0.491 e. The zero-order valence-electron chi connectivity index (χ0n) is 12.7. The molecule has 0 heterocycles. The number of carbonyl (C=O) groups is 1. The Morgan fingerprint density at radius 3 is 2.57 bits per heavy atom. The van der Waals surface area contributed by atoms with Crippen molar-refractivity contribution in [3.8, 4) is 5.75 Å². The Kier molecular flexibility index (Phi) is 7.79. The Labute approximate surface area is 125 Å². The van der Waals surface area contributed by atoms with Crippen molar-refractivity contribution in [2.75, 3.05) is 19.7 Å². The molecule has 0 saturated heterocycles. The van der Waals surface area contributed by atoms with Crippen LogP contribution in [0.3, 0.4) is 0 Å². The standard InChI is InChI=1S/C16H25NO4/c1-3-8-17-10-14(18)11-21-15-6-4-13(5-7-15)12(2)9-16(19)20/h4-7,12,14,17-18H,3,8-11H2,1-2H3,(H,19,20). The summed E-state index contributed by atoms with van der Waals surface area (Å²) in [6.45, 7) is 5.59. The lowest BCUT2D eigenvalue weighted by atomic mass is 9.98. The van der Waals surface area contributed by atoms with Crippen LogP contribution >= 0.6 is 0 Å². The van der Waals surface area contributed by atoms with E-state index in [1.165, 1.54) is 0 Å². The lowest BCUT2D eigenvalue weighted by Crippen LogP contribution is -2.31. The first-order valence-corrected chi connectivity index (χ1v) is 7.36. The van der Waals surface area contributed by atoms with Gasteiger partial charge in [0.05, 0.1) is 6.42 Å². The lowest BCUT2D eigenvalue weighted by Gasteiger charge is -2.14. The van der Waals surface area contributed by atoms with Crippen LogP contribution in [0, 0.1) is 0 Å². The summed E-state index contributed by atoms with van der Waals surface area (Å²) in [6.07, 6.45) is 0.605. The average molecular weight is 295 g/mol. The molecule has 5 nitrogen and oxygen atoms in total. The molecule has 0 spiro atoms. The summed E-state index contributed by atoms with van der Waals surface area (Å²) in [7, 11) is 0. The molecule has 0 aromatic heterocycles. The smallest absolute Gasteiger partial charge is 0.303 e. The average Bonchev–Trinajstić information content (AvgIpc) is 2.45. The maximum Gasteiger partial charge on any atom is 0.303 e. The molecule has 1 rings (SSSR count). The monoisotopic (exact) mass is 295 g/mol. The van der Waals surface area contributed by atoms with Gasteiger partial charge < -0.3 is 20.3 Å². The first-order valence-electron chi connectivity index (χ1n) is 7.36. The Morgan fingerprint density at radius 2 is 2.00 bits per heavy atom. The van der Waals surface area contributed by atoms with E-state index in [0.29, 0.717) is 12.3 Å². The second-order valence-corrected chi connectivity index (χ2v) is 5.24. The van der Waals surface area contributed by atoms with Crippen LogP contribution in [0.2, 0.25) is 0 Å². The number of hydrogen-bond donors (Lipinski definition) is 3. The molecular weight excluding hydrogens is 270 g/mol. The van der Waals surface area contributed by atoms with E-state index in [-0.39, 0.29) is 18.9 Å². The van der Waals surface area contributed by atoms with Gasteiger partial charge in [-0.25, -0.2) is 0 Å².